The SMILES string of the molecule is CC(NC(=O)CN1CCOCC1)C(=O)NC(Cc1ccc2ccn(C3CCCC3CC(NC(=O)C(Cc3ccc4[nH]ccc4c3)NC(=O)C(C)NC(=O)CN3CCOCC3)C(=O)C3(C)CO3)c2c1)C(=O)NC(CC1CCCC1)C(=O)C1(C)CO1. The van der Waals surface area contributed by atoms with Gasteiger partial charge in [0.05, 0.1) is 64.8 Å². The van der Waals surface area contributed by atoms with Crippen LogP contribution in [0.3, 0.4) is 0 Å². The number of hydrogen-bond acceptors (Lipinski definition) is 14. The summed E-state index contributed by atoms with van der Waals surface area (Å²) >= 11 is 0. The summed E-state index contributed by atoms with van der Waals surface area (Å²) in [6.07, 6.45) is 11.2. The maximum absolute atomic E-state index is 14.8. The van der Waals surface area contributed by atoms with Crippen LogP contribution < -0.4 is 31.9 Å². The molecule has 10 atom stereocenters. The van der Waals surface area contributed by atoms with Crippen LogP contribution in [0.1, 0.15) is 103 Å². The minimum absolute atomic E-state index is 0.0663. The van der Waals surface area contributed by atoms with Crippen LogP contribution in [0.2, 0.25) is 0 Å². The number of carbonyl (C=O) groups is 8. The van der Waals surface area contributed by atoms with Gasteiger partial charge >= 0.3 is 0 Å². The molecule has 6 heterocycles. The lowest BCUT2D eigenvalue weighted by molar-refractivity contribution is -0.134. The predicted molar refractivity (Wildman–Crippen MR) is 311 cm³/mol. The summed E-state index contributed by atoms with van der Waals surface area (Å²) in [5.41, 5.74) is 1.25. The largest absolute Gasteiger partial charge is 0.379 e. The zero-order chi connectivity index (χ0) is 59.1. The molecule has 2 aliphatic carbocycles. The van der Waals surface area contributed by atoms with Gasteiger partial charge < -0.3 is 60.4 Å². The first-order valence-corrected chi connectivity index (χ1v) is 30.3. The zero-order valence-electron chi connectivity index (χ0n) is 49.0. The third-order valence-corrected chi connectivity index (χ3v) is 18.1. The molecule has 22 heteroatoms. The van der Waals surface area contributed by atoms with Crippen molar-refractivity contribution in [2.75, 3.05) is 78.9 Å². The number of hydrogen-bond donors (Lipinski definition) is 7. The molecule has 0 radical (unpaired) electrons. The first-order chi connectivity index (χ1) is 40.4. The van der Waals surface area contributed by atoms with Gasteiger partial charge in [-0.15, -0.1) is 0 Å². The van der Waals surface area contributed by atoms with Crippen molar-refractivity contribution in [1.29, 1.82) is 0 Å². The zero-order valence-corrected chi connectivity index (χ0v) is 49.0. The number of nitrogens with zero attached hydrogens (tertiary/aromatic N) is 3. The maximum Gasteiger partial charge on any atom is 0.243 e. The molecule has 7 N–H and O–H groups in total. The minimum atomic E-state index is -1.13. The highest BCUT2D eigenvalue weighted by Gasteiger charge is 2.52. The Labute approximate surface area is 490 Å². The number of morpholine rings is 2. The van der Waals surface area contributed by atoms with Gasteiger partial charge in [-0.05, 0) is 117 Å². The predicted octanol–water partition coefficient (Wildman–Crippen LogP) is 2.55. The van der Waals surface area contributed by atoms with Gasteiger partial charge in [0.1, 0.15) is 35.4 Å². The monoisotopic (exact) mass is 1160 g/mol. The lowest BCUT2D eigenvalue weighted by Gasteiger charge is -2.29. The fourth-order valence-corrected chi connectivity index (χ4v) is 12.7. The summed E-state index contributed by atoms with van der Waals surface area (Å²) in [7, 11) is 0. The molecule has 6 fully saturated rings. The molecule has 0 spiro atoms. The van der Waals surface area contributed by atoms with E-state index in [9.17, 15) is 38.4 Å². The number of amides is 6. The molecule has 84 heavy (non-hydrogen) atoms. The van der Waals surface area contributed by atoms with Gasteiger partial charge in [0.15, 0.2) is 11.6 Å². The summed E-state index contributed by atoms with van der Waals surface area (Å²) < 4.78 is 24.3. The van der Waals surface area contributed by atoms with Crippen molar-refractivity contribution in [3.8, 4) is 0 Å². The summed E-state index contributed by atoms with van der Waals surface area (Å²) in [6, 6.07) is 9.54. The smallest absolute Gasteiger partial charge is 0.243 e. The normalized spacial score (nSPS) is 25.0. The second-order valence-corrected chi connectivity index (χ2v) is 24.7. The van der Waals surface area contributed by atoms with Crippen LogP contribution >= 0.6 is 0 Å². The number of H-pyrrole nitrogens is 1. The Morgan fingerprint density at radius 1 is 0.571 bits per heavy atom. The van der Waals surface area contributed by atoms with Crippen molar-refractivity contribution in [3.63, 3.8) is 0 Å². The summed E-state index contributed by atoms with van der Waals surface area (Å²) in [5.74, 6) is -3.07. The Morgan fingerprint density at radius 2 is 1.08 bits per heavy atom. The molecule has 2 aromatic heterocycles. The second-order valence-electron chi connectivity index (χ2n) is 24.7. The molecule has 10 rings (SSSR count). The Morgan fingerprint density at radius 3 is 1.63 bits per heavy atom. The molecule has 0 bridgehead atoms. The average Bonchev–Trinajstić information content (AvgIpc) is 2.41. The Balaban J connectivity index is 0.865. The summed E-state index contributed by atoms with van der Waals surface area (Å²) in [5, 5.41) is 19.5. The number of benzene rings is 2. The van der Waals surface area contributed by atoms with E-state index < -0.39 is 71.1 Å². The fourth-order valence-electron chi connectivity index (χ4n) is 12.7. The summed E-state index contributed by atoms with van der Waals surface area (Å²) in [6.45, 7) is 11.8. The molecule has 4 saturated heterocycles. The van der Waals surface area contributed by atoms with E-state index in [0.29, 0.717) is 59.0 Å². The molecule has 2 saturated carbocycles. The van der Waals surface area contributed by atoms with E-state index in [2.05, 4.69) is 41.5 Å². The number of ketones is 2. The Kier molecular flexibility index (Phi) is 19.3. The molecule has 454 valence electrons. The molecular weight excluding hydrogens is 1080 g/mol. The number of carbonyl (C=O) groups excluding carboxylic acids is 8. The van der Waals surface area contributed by atoms with Crippen molar-refractivity contribution in [2.45, 2.75) is 152 Å². The van der Waals surface area contributed by atoms with Gasteiger partial charge in [0.25, 0.3) is 0 Å². The van der Waals surface area contributed by atoms with Crippen LogP contribution in [0.15, 0.2) is 60.9 Å². The highest BCUT2D eigenvalue weighted by Crippen LogP contribution is 2.42. The van der Waals surface area contributed by atoms with E-state index >= 15 is 0 Å². The van der Waals surface area contributed by atoms with Gasteiger partial charge in [-0.2, -0.15) is 0 Å². The lowest BCUT2D eigenvalue weighted by atomic mass is 9.88. The van der Waals surface area contributed by atoms with Crippen molar-refractivity contribution in [1.82, 2.24) is 51.3 Å². The van der Waals surface area contributed by atoms with Gasteiger partial charge in [0.2, 0.25) is 35.4 Å². The molecular formula is C62H84N10O12. The van der Waals surface area contributed by atoms with Gasteiger partial charge in [0, 0.05) is 68.5 Å². The van der Waals surface area contributed by atoms with E-state index in [1.54, 1.807) is 27.7 Å². The van der Waals surface area contributed by atoms with Crippen LogP contribution in [0.5, 0.6) is 0 Å². The minimum Gasteiger partial charge on any atom is -0.379 e. The van der Waals surface area contributed by atoms with Crippen molar-refractivity contribution in [2.24, 2.45) is 11.8 Å². The number of rotatable bonds is 27. The molecule has 4 aliphatic heterocycles. The first kappa shape index (κ1) is 60.6. The lowest BCUT2D eigenvalue weighted by Crippen LogP contribution is -2.57. The van der Waals surface area contributed by atoms with Crippen LogP contribution in [-0.4, -0.2) is 193 Å². The Bertz CT molecular complexity index is 3040. The number of aromatic nitrogens is 2. The van der Waals surface area contributed by atoms with Crippen LogP contribution in [0, 0.1) is 11.8 Å². The average molecular weight is 1160 g/mol. The van der Waals surface area contributed by atoms with Gasteiger partial charge in [-0.3, -0.25) is 48.2 Å². The van der Waals surface area contributed by atoms with Crippen molar-refractivity contribution < 1.29 is 57.3 Å². The highest BCUT2D eigenvalue weighted by atomic mass is 16.6. The van der Waals surface area contributed by atoms with Crippen LogP contribution in [0.4, 0.5) is 0 Å². The fraction of sp³-hybridized carbons (Fsp3) is 0.613. The number of nitrogens with one attached hydrogen (secondary N) is 7. The van der Waals surface area contributed by atoms with E-state index in [0.717, 1.165) is 77.9 Å². The first-order valence-electron chi connectivity index (χ1n) is 30.3. The van der Waals surface area contributed by atoms with E-state index in [-0.39, 0.29) is 86.8 Å². The third kappa shape index (κ3) is 15.3. The van der Waals surface area contributed by atoms with Gasteiger partial charge in [-0.25, -0.2) is 0 Å². The number of Topliss-reactive ketones (excluding diaryl/α,β-unsaturated/α-hetero) is 2. The number of epoxide rings is 2. The molecule has 4 aromatic rings. The molecule has 6 aliphatic rings. The number of aromatic amines is 1. The van der Waals surface area contributed by atoms with E-state index in [4.69, 9.17) is 18.9 Å². The van der Waals surface area contributed by atoms with Crippen LogP contribution in [-0.2, 0) is 70.1 Å². The van der Waals surface area contributed by atoms with Crippen LogP contribution in [0.25, 0.3) is 21.8 Å². The van der Waals surface area contributed by atoms with Crippen molar-refractivity contribution >= 4 is 68.8 Å². The third-order valence-electron chi connectivity index (χ3n) is 18.1. The van der Waals surface area contributed by atoms with Crippen molar-refractivity contribution in [3.05, 3.63) is 72.1 Å². The standard InChI is InChI=1S/C62H84N10O12/c1-38(64-53(73)34-70-20-24-81-25-21-70)57(77)68-49(30-41-13-15-46-44(28-41)16-18-63-46)60(80)67-48(56(76)62(4)37-84-62)33-45-10-7-11-51(45)72-19-17-43-14-12-42(32-52(43)72)31-50(69-58(78)39(2)65-54(74)35-71-22-26-82-27-23-71)59(79)66-47(29-40-8-5-6-9-40)55(75)61(3)36-83-61/h12-19,28,32,38-40,45,47-51,63H,5-11,20-27,29-31,33-37H2,1-4H3,(H,64,73)(H,65,74)(H,66,79)(H,67,80)(H,68,77)(H,69,78). The van der Waals surface area contributed by atoms with E-state index in [1.807, 2.05) is 70.7 Å². The highest BCUT2D eigenvalue weighted by molar-refractivity contribution is 6.00. The van der Waals surface area contributed by atoms with Gasteiger partial charge in [-0.1, -0.05) is 50.3 Å². The number of ether oxygens (including phenoxy) is 4. The van der Waals surface area contributed by atoms with E-state index in [1.165, 1.54) is 0 Å². The molecule has 10 unspecified atom stereocenters. The maximum atomic E-state index is 14.8. The second kappa shape index (κ2) is 26.8. The molecule has 6 amide bonds. The quantitative estimate of drug-likeness (QED) is 0.0423. The topological polar surface area (TPSA) is 279 Å². The summed E-state index contributed by atoms with van der Waals surface area (Å²) in [4.78, 5) is 119. The molecule has 2 aromatic carbocycles. The molecule has 22 nitrogen and oxygen atoms in total. The Hall–Kier alpha value is -6.56. The number of fused-ring (bicyclic) bond motifs is 2.